The largest absolute Gasteiger partial charge is 0.500 e. The highest BCUT2D eigenvalue weighted by atomic mass is 19.1. The molecular weight excluding hydrogens is 287 g/mol. The van der Waals surface area contributed by atoms with E-state index in [1.54, 1.807) is 12.1 Å². The van der Waals surface area contributed by atoms with Gasteiger partial charge in [-0.2, -0.15) is 0 Å². The van der Waals surface area contributed by atoms with Gasteiger partial charge in [-0.1, -0.05) is 25.3 Å². The average Bonchev–Trinajstić information content (AvgIpc) is 2.56. The second-order valence-corrected chi connectivity index (χ2v) is 5.34. The number of hydrogen-bond acceptors (Lipinski definition) is 4. The predicted molar refractivity (Wildman–Crippen MR) is 80.0 cm³/mol. The van der Waals surface area contributed by atoms with Crippen LogP contribution in [0, 0.1) is 5.82 Å². The maximum absolute atomic E-state index is 14.0. The van der Waals surface area contributed by atoms with Crippen LogP contribution in [0.15, 0.2) is 30.2 Å². The highest BCUT2D eigenvalue weighted by Crippen LogP contribution is 2.35. The summed E-state index contributed by atoms with van der Waals surface area (Å²) < 4.78 is 28.7. The SMILES string of the molecule is CO/C=C(\Oc1cc(C2CCCCC2)ccc1F)C(=O)OC. The minimum atomic E-state index is -0.718. The zero-order valence-electron chi connectivity index (χ0n) is 12.9. The first-order chi connectivity index (χ1) is 10.7. The summed E-state index contributed by atoms with van der Waals surface area (Å²) in [6, 6.07) is 4.83. The van der Waals surface area contributed by atoms with Crippen molar-refractivity contribution in [3.63, 3.8) is 0 Å². The second kappa shape index (κ2) is 7.82. The van der Waals surface area contributed by atoms with Crippen LogP contribution >= 0.6 is 0 Å². The van der Waals surface area contributed by atoms with Gasteiger partial charge in [0.25, 0.3) is 0 Å². The van der Waals surface area contributed by atoms with Crippen LogP contribution in [0.4, 0.5) is 4.39 Å². The van der Waals surface area contributed by atoms with E-state index < -0.39 is 11.8 Å². The summed E-state index contributed by atoms with van der Waals surface area (Å²) in [7, 11) is 2.60. The monoisotopic (exact) mass is 308 g/mol. The van der Waals surface area contributed by atoms with E-state index >= 15 is 0 Å². The number of hydrogen-bond donors (Lipinski definition) is 0. The molecule has 0 amide bonds. The first-order valence-corrected chi connectivity index (χ1v) is 7.44. The van der Waals surface area contributed by atoms with Crippen molar-refractivity contribution in [2.75, 3.05) is 14.2 Å². The molecule has 1 aromatic carbocycles. The number of carbonyl (C=O) groups excluding carboxylic acids is 1. The van der Waals surface area contributed by atoms with Gasteiger partial charge in [0.2, 0.25) is 5.76 Å². The zero-order valence-corrected chi connectivity index (χ0v) is 12.9. The number of halogens is 1. The molecule has 1 saturated carbocycles. The summed E-state index contributed by atoms with van der Waals surface area (Å²) in [6.07, 6.45) is 6.93. The summed E-state index contributed by atoms with van der Waals surface area (Å²) in [5.74, 6) is -0.999. The van der Waals surface area contributed by atoms with Crippen LogP contribution in [0.2, 0.25) is 0 Å². The smallest absolute Gasteiger partial charge is 0.377 e. The van der Waals surface area contributed by atoms with E-state index in [1.165, 1.54) is 39.5 Å². The molecule has 0 spiro atoms. The molecule has 120 valence electrons. The van der Waals surface area contributed by atoms with Crippen LogP contribution in [0.25, 0.3) is 0 Å². The molecule has 0 N–H and O–H groups in total. The van der Waals surface area contributed by atoms with E-state index in [1.807, 2.05) is 0 Å². The Hall–Kier alpha value is -2.04. The summed E-state index contributed by atoms with van der Waals surface area (Å²) in [5.41, 5.74) is 1.04. The molecule has 0 aromatic heterocycles. The summed E-state index contributed by atoms with van der Waals surface area (Å²) in [4.78, 5) is 11.6. The van der Waals surface area contributed by atoms with Crippen LogP contribution in [0.3, 0.4) is 0 Å². The molecule has 1 aromatic rings. The molecule has 0 radical (unpaired) electrons. The van der Waals surface area contributed by atoms with Crippen molar-refractivity contribution < 1.29 is 23.4 Å². The molecule has 2 rings (SSSR count). The van der Waals surface area contributed by atoms with Gasteiger partial charge in [0.05, 0.1) is 14.2 Å². The third-order valence-corrected chi connectivity index (χ3v) is 3.86. The normalized spacial score (nSPS) is 16.2. The van der Waals surface area contributed by atoms with Gasteiger partial charge in [0, 0.05) is 0 Å². The number of methoxy groups -OCH3 is 2. The lowest BCUT2D eigenvalue weighted by atomic mass is 9.84. The van der Waals surface area contributed by atoms with Gasteiger partial charge in [0.1, 0.15) is 6.26 Å². The highest BCUT2D eigenvalue weighted by molar-refractivity contribution is 5.86. The van der Waals surface area contributed by atoms with E-state index in [2.05, 4.69) is 4.74 Å². The van der Waals surface area contributed by atoms with E-state index in [9.17, 15) is 9.18 Å². The molecule has 1 aliphatic carbocycles. The van der Waals surface area contributed by atoms with Crippen molar-refractivity contribution in [2.24, 2.45) is 0 Å². The predicted octanol–water partition coefficient (Wildman–Crippen LogP) is 3.91. The molecule has 1 fully saturated rings. The van der Waals surface area contributed by atoms with E-state index in [0.29, 0.717) is 5.92 Å². The minimum absolute atomic E-state index is 0.0109. The molecule has 0 saturated heterocycles. The van der Waals surface area contributed by atoms with Crippen LogP contribution < -0.4 is 4.74 Å². The second-order valence-electron chi connectivity index (χ2n) is 5.34. The highest BCUT2D eigenvalue weighted by Gasteiger charge is 2.20. The number of esters is 1. The number of carbonyl (C=O) groups is 1. The van der Waals surface area contributed by atoms with Crippen molar-refractivity contribution in [1.82, 2.24) is 0 Å². The van der Waals surface area contributed by atoms with Gasteiger partial charge in [-0.3, -0.25) is 0 Å². The third-order valence-electron chi connectivity index (χ3n) is 3.86. The molecule has 0 aliphatic heterocycles. The van der Waals surface area contributed by atoms with Gasteiger partial charge < -0.3 is 14.2 Å². The molecule has 4 nitrogen and oxygen atoms in total. The van der Waals surface area contributed by atoms with Crippen molar-refractivity contribution in [1.29, 1.82) is 0 Å². The maximum atomic E-state index is 14.0. The van der Waals surface area contributed by atoms with Crippen molar-refractivity contribution in [3.05, 3.63) is 41.6 Å². The lowest BCUT2D eigenvalue weighted by molar-refractivity contribution is -0.138. The molecule has 0 unspecified atom stereocenters. The minimum Gasteiger partial charge on any atom is -0.500 e. The van der Waals surface area contributed by atoms with E-state index in [0.717, 1.165) is 24.7 Å². The fourth-order valence-corrected chi connectivity index (χ4v) is 2.73. The molecule has 0 atom stereocenters. The van der Waals surface area contributed by atoms with Gasteiger partial charge in [-0.15, -0.1) is 0 Å². The van der Waals surface area contributed by atoms with Gasteiger partial charge in [-0.05, 0) is 36.5 Å². The lowest BCUT2D eigenvalue weighted by Gasteiger charge is -2.22. The fourth-order valence-electron chi connectivity index (χ4n) is 2.73. The Labute approximate surface area is 129 Å². The summed E-state index contributed by atoms with van der Waals surface area (Å²) in [6.45, 7) is 0. The Bertz CT molecular complexity index is 548. The Morgan fingerprint density at radius 3 is 2.59 bits per heavy atom. The number of benzene rings is 1. The number of rotatable bonds is 5. The lowest BCUT2D eigenvalue weighted by Crippen LogP contribution is -2.12. The van der Waals surface area contributed by atoms with Crippen LogP contribution in [-0.2, 0) is 14.3 Å². The van der Waals surface area contributed by atoms with Crippen molar-refractivity contribution in [3.8, 4) is 5.75 Å². The topological polar surface area (TPSA) is 44.8 Å². The Morgan fingerprint density at radius 1 is 1.23 bits per heavy atom. The fraction of sp³-hybridized carbons (Fsp3) is 0.471. The molecule has 0 heterocycles. The van der Waals surface area contributed by atoms with Gasteiger partial charge in [-0.25, -0.2) is 9.18 Å². The van der Waals surface area contributed by atoms with Gasteiger partial charge in [0.15, 0.2) is 11.6 Å². The summed E-state index contributed by atoms with van der Waals surface area (Å²) >= 11 is 0. The standard InChI is InChI=1S/C17H21FO4/c1-20-11-16(17(19)21-2)22-15-10-13(8-9-14(15)18)12-6-4-3-5-7-12/h8-12H,3-7H2,1-2H3/b16-11-. The Balaban J connectivity index is 2.22. The molecular formula is C17H21FO4. The van der Waals surface area contributed by atoms with Crippen LogP contribution in [-0.4, -0.2) is 20.2 Å². The molecule has 0 bridgehead atoms. The first kappa shape index (κ1) is 16.3. The van der Waals surface area contributed by atoms with Crippen molar-refractivity contribution in [2.45, 2.75) is 38.0 Å². The van der Waals surface area contributed by atoms with E-state index in [4.69, 9.17) is 9.47 Å². The summed E-state index contributed by atoms with van der Waals surface area (Å²) in [5, 5.41) is 0. The van der Waals surface area contributed by atoms with Crippen molar-refractivity contribution >= 4 is 5.97 Å². The Kier molecular flexibility index (Phi) is 5.81. The first-order valence-electron chi connectivity index (χ1n) is 7.44. The molecule has 22 heavy (non-hydrogen) atoms. The third kappa shape index (κ3) is 4.00. The average molecular weight is 308 g/mol. The quantitative estimate of drug-likeness (QED) is 0.470. The van der Waals surface area contributed by atoms with Gasteiger partial charge >= 0.3 is 5.97 Å². The van der Waals surface area contributed by atoms with Crippen LogP contribution in [0.1, 0.15) is 43.6 Å². The number of ether oxygens (including phenoxy) is 3. The zero-order chi connectivity index (χ0) is 15.9. The maximum Gasteiger partial charge on any atom is 0.377 e. The Morgan fingerprint density at radius 2 is 1.95 bits per heavy atom. The van der Waals surface area contributed by atoms with Crippen LogP contribution in [0.5, 0.6) is 5.75 Å². The molecule has 5 heteroatoms. The molecule has 1 aliphatic rings. The van der Waals surface area contributed by atoms with E-state index in [-0.39, 0.29) is 11.5 Å².